The molecular weight excluding hydrogens is 276 g/mol. The van der Waals surface area contributed by atoms with Crippen LogP contribution in [0.4, 0.5) is 0 Å². The summed E-state index contributed by atoms with van der Waals surface area (Å²) >= 11 is 5.87. The van der Waals surface area contributed by atoms with Crippen molar-refractivity contribution in [1.29, 1.82) is 0 Å². The maximum Gasteiger partial charge on any atom is 0.225 e. The number of aromatic nitrogens is 2. The second kappa shape index (κ2) is 6.27. The number of nitrogens with zero attached hydrogens (tertiary/aromatic N) is 2. The van der Waals surface area contributed by atoms with Crippen LogP contribution in [0.1, 0.15) is 56.2 Å². The third kappa shape index (κ3) is 3.23. The number of rotatable bonds is 2. The molecule has 1 aromatic heterocycles. The summed E-state index contributed by atoms with van der Waals surface area (Å²) in [5.74, 6) is 0.743. The van der Waals surface area contributed by atoms with Gasteiger partial charge in [-0.2, -0.15) is 4.98 Å². The molecule has 20 heavy (non-hydrogen) atoms. The van der Waals surface area contributed by atoms with Gasteiger partial charge in [0.05, 0.1) is 11.8 Å². The minimum absolute atomic E-state index is 0.0648. The van der Waals surface area contributed by atoms with Crippen molar-refractivity contribution in [2.45, 2.75) is 70.0 Å². The van der Waals surface area contributed by atoms with Crippen LogP contribution in [0.25, 0.3) is 0 Å². The predicted octanol–water partition coefficient (Wildman–Crippen LogP) is 3.08. The Hall–Kier alpha value is -0.870. The third-order valence-corrected chi connectivity index (χ3v) is 4.44. The molecule has 110 valence electrons. The van der Waals surface area contributed by atoms with Crippen LogP contribution in [-0.4, -0.2) is 27.3 Å². The maximum atomic E-state index is 8.45. The molecule has 0 aliphatic heterocycles. The Morgan fingerprint density at radius 2 is 1.70 bits per heavy atom. The molecule has 3 aliphatic carbocycles. The highest BCUT2D eigenvalue weighted by Crippen LogP contribution is 2.32. The van der Waals surface area contributed by atoms with E-state index in [0.717, 1.165) is 56.5 Å². The van der Waals surface area contributed by atoms with Crippen molar-refractivity contribution in [3.05, 3.63) is 16.5 Å². The Morgan fingerprint density at radius 3 is 2.25 bits per heavy atom. The lowest BCUT2D eigenvalue weighted by Crippen LogP contribution is -2.25. The lowest BCUT2D eigenvalue weighted by Gasteiger charge is -2.26. The zero-order valence-electron chi connectivity index (χ0n) is 11.6. The van der Waals surface area contributed by atoms with Gasteiger partial charge in [0.1, 0.15) is 6.10 Å². The van der Waals surface area contributed by atoms with Crippen molar-refractivity contribution < 1.29 is 9.84 Å². The van der Waals surface area contributed by atoms with Crippen LogP contribution in [0.3, 0.4) is 0 Å². The molecule has 1 aromatic rings. The molecule has 0 radical (unpaired) electrons. The fraction of sp³-hybridized carbons (Fsp3) is 0.733. The van der Waals surface area contributed by atoms with E-state index in [1.54, 1.807) is 0 Å². The van der Waals surface area contributed by atoms with Gasteiger partial charge in [-0.05, 0) is 69.4 Å². The van der Waals surface area contributed by atoms with E-state index in [9.17, 15) is 0 Å². The normalized spacial score (nSPS) is 21.3. The summed E-state index contributed by atoms with van der Waals surface area (Å²) in [6, 6.07) is 0. The summed E-state index contributed by atoms with van der Waals surface area (Å²) < 4.78 is 5.84. The van der Waals surface area contributed by atoms with Gasteiger partial charge in [-0.15, -0.1) is 0 Å². The van der Waals surface area contributed by atoms with Gasteiger partial charge in [-0.3, -0.25) is 0 Å². The number of aliphatic hydroxyl groups excluding tert-OH is 1. The fourth-order valence-corrected chi connectivity index (χ4v) is 2.68. The molecule has 0 atom stereocenters. The second-order valence-corrected chi connectivity index (χ2v) is 6.17. The van der Waals surface area contributed by atoms with E-state index in [2.05, 4.69) is 9.97 Å². The van der Waals surface area contributed by atoms with E-state index in [0.29, 0.717) is 11.4 Å². The molecule has 0 spiro atoms. The van der Waals surface area contributed by atoms with Crippen LogP contribution in [0, 0.1) is 0 Å². The molecule has 0 saturated heterocycles. The van der Waals surface area contributed by atoms with Crippen LogP contribution in [-0.2, 0) is 12.8 Å². The number of hydrogen-bond donors (Lipinski definition) is 1. The maximum absolute atomic E-state index is 8.45. The van der Waals surface area contributed by atoms with Crippen molar-refractivity contribution >= 4 is 11.6 Å². The molecule has 1 N–H and O–H groups in total. The molecule has 0 unspecified atom stereocenters. The first kappa shape index (κ1) is 14.1. The van der Waals surface area contributed by atoms with Gasteiger partial charge in [0.2, 0.25) is 11.2 Å². The highest BCUT2D eigenvalue weighted by atomic mass is 35.5. The minimum atomic E-state index is 0.0648. The number of aliphatic hydroxyl groups is 1. The average molecular weight is 297 g/mol. The second-order valence-electron chi connectivity index (χ2n) is 5.83. The number of halogens is 1. The van der Waals surface area contributed by atoms with Crippen LogP contribution in [0.5, 0.6) is 5.88 Å². The van der Waals surface area contributed by atoms with Crippen molar-refractivity contribution in [3.8, 4) is 5.88 Å². The zero-order chi connectivity index (χ0) is 13.9. The smallest absolute Gasteiger partial charge is 0.225 e. The van der Waals surface area contributed by atoms with Gasteiger partial charge in [-0.1, -0.05) is 0 Å². The number of fused-ring (bicyclic) bond motifs is 1. The molecule has 2 saturated carbocycles. The van der Waals surface area contributed by atoms with Crippen molar-refractivity contribution in [1.82, 2.24) is 9.97 Å². The molecule has 4 nitrogen and oxygen atoms in total. The first-order valence-corrected chi connectivity index (χ1v) is 8.00. The Bertz CT molecular complexity index is 473. The van der Waals surface area contributed by atoms with Crippen molar-refractivity contribution in [3.63, 3.8) is 0 Å². The Kier molecular flexibility index (Phi) is 4.41. The third-order valence-electron chi connectivity index (χ3n) is 4.27. The fourth-order valence-electron chi connectivity index (χ4n) is 2.50. The van der Waals surface area contributed by atoms with Crippen molar-refractivity contribution in [2.75, 3.05) is 0 Å². The Balaban J connectivity index is 0.000000205. The van der Waals surface area contributed by atoms with Crippen LogP contribution < -0.4 is 4.74 Å². The van der Waals surface area contributed by atoms with Crippen LogP contribution in [0.2, 0.25) is 5.28 Å². The molecular formula is C15H21ClN2O2. The SMILES string of the molecule is Clc1nc2c(c(OC3CCC3)n1)CCC2.OC1CCC1. The quantitative estimate of drug-likeness (QED) is 0.852. The van der Waals surface area contributed by atoms with E-state index in [-0.39, 0.29) is 6.10 Å². The van der Waals surface area contributed by atoms with E-state index in [1.165, 1.54) is 18.4 Å². The summed E-state index contributed by atoms with van der Waals surface area (Å²) in [6.45, 7) is 0. The Labute approximate surface area is 124 Å². The van der Waals surface area contributed by atoms with E-state index >= 15 is 0 Å². The standard InChI is InChI=1S/C11H13ClN2O.C4H8O/c12-11-13-9-6-2-5-8(9)10(14-11)15-7-3-1-4-7;5-4-2-1-3-4/h7H,1-6H2;4-5H,1-3H2. The molecule has 3 aliphatic rings. The molecule has 0 bridgehead atoms. The largest absolute Gasteiger partial charge is 0.474 e. The van der Waals surface area contributed by atoms with Crippen LogP contribution in [0.15, 0.2) is 0 Å². The van der Waals surface area contributed by atoms with Gasteiger partial charge in [0, 0.05) is 5.56 Å². The topological polar surface area (TPSA) is 55.2 Å². The average Bonchev–Trinajstić information content (AvgIpc) is 2.79. The summed E-state index contributed by atoms with van der Waals surface area (Å²) in [4.78, 5) is 8.44. The van der Waals surface area contributed by atoms with Gasteiger partial charge in [-0.25, -0.2) is 4.98 Å². The summed E-state index contributed by atoms with van der Waals surface area (Å²) in [6.07, 6.45) is 10.5. The van der Waals surface area contributed by atoms with E-state index in [1.807, 2.05) is 0 Å². The predicted molar refractivity (Wildman–Crippen MR) is 77.2 cm³/mol. The number of aryl methyl sites for hydroxylation is 1. The molecule has 1 heterocycles. The van der Waals surface area contributed by atoms with E-state index < -0.39 is 0 Å². The lowest BCUT2D eigenvalue weighted by molar-refractivity contribution is 0.0950. The molecule has 5 heteroatoms. The van der Waals surface area contributed by atoms with Gasteiger partial charge < -0.3 is 9.84 Å². The zero-order valence-corrected chi connectivity index (χ0v) is 12.4. The van der Waals surface area contributed by atoms with E-state index in [4.69, 9.17) is 21.4 Å². The number of hydrogen-bond acceptors (Lipinski definition) is 4. The lowest BCUT2D eigenvalue weighted by atomic mass is 9.96. The molecule has 0 aromatic carbocycles. The Morgan fingerprint density at radius 1 is 1.00 bits per heavy atom. The van der Waals surface area contributed by atoms with Gasteiger partial charge in [0.25, 0.3) is 0 Å². The van der Waals surface area contributed by atoms with Gasteiger partial charge >= 0.3 is 0 Å². The molecule has 4 rings (SSSR count). The highest BCUT2D eigenvalue weighted by molar-refractivity contribution is 6.28. The first-order valence-electron chi connectivity index (χ1n) is 7.62. The minimum Gasteiger partial charge on any atom is -0.474 e. The number of ether oxygens (including phenoxy) is 1. The summed E-state index contributed by atoms with van der Waals surface area (Å²) in [7, 11) is 0. The van der Waals surface area contributed by atoms with Gasteiger partial charge in [0.15, 0.2) is 0 Å². The first-order chi connectivity index (χ1) is 9.72. The summed E-state index contributed by atoms with van der Waals surface area (Å²) in [5.41, 5.74) is 2.27. The molecule has 2 fully saturated rings. The monoisotopic (exact) mass is 296 g/mol. The summed E-state index contributed by atoms with van der Waals surface area (Å²) in [5, 5.41) is 8.77. The van der Waals surface area contributed by atoms with Crippen molar-refractivity contribution in [2.24, 2.45) is 0 Å². The highest BCUT2D eigenvalue weighted by Gasteiger charge is 2.25. The molecule has 0 amide bonds. The van der Waals surface area contributed by atoms with Crippen LogP contribution >= 0.6 is 11.6 Å².